The van der Waals surface area contributed by atoms with Crippen LogP contribution in [0.1, 0.15) is 13.8 Å². The van der Waals surface area contributed by atoms with Crippen LogP contribution in [0.2, 0.25) is 0 Å². The van der Waals surface area contributed by atoms with Crippen molar-refractivity contribution in [2.75, 3.05) is 13.2 Å². The van der Waals surface area contributed by atoms with Gasteiger partial charge >= 0.3 is 0 Å². The van der Waals surface area contributed by atoms with E-state index in [2.05, 4.69) is 10.6 Å². The highest BCUT2D eigenvalue weighted by molar-refractivity contribution is 5.73. The number of furan rings is 1. The Labute approximate surface area is 135 Å². The van der Waals surface area contributed by atoms with Crippen molar-refractivity contribution in [3.63, 3.8) is 0 Å². The molecule has 124 valence electrons. The normalized spacial score (nSPS) is 13.3. The van der Waals surface area contributed by atoms with Crippen molar-refractivity contribution >= 4 is 5.91 Å². The molecule has 0 spiro atoms. The van der Waals surface area contributed by atoms with Crippen LogP contribution >= 0.6 is 0 Å². The number of amides is 1. The molecule has 2 unspecified atom stereocenters. The fourth-order valence-electron chi connectivity index (χ4n) is 2.24. The van der Waals surface area contributed by atoms with Gasteiger partial charge in [0.1, 0.15) is 24.6 Å². The third-order valence-electron chi connectivity index (χ3n) is 3.30. The number of carbonyl (C=O) groups excluding carboxylic acids is 1. The Bertz CT molecular complexity index is 613. The smallest absolute Gasteiger partial charge is 0.218 e. The number of likely N-dealkylation sites (N-methyl/N-ethyl adjacent to an activating group) is 1. The molecule has 3 N–H and O–H groups in total. The maximum atomic E-state index is 11.2. The van der Waals surface area contributed by atoms with Gasteiger partial charge in [0.2, 0.25) is 5.91 Å². The molecule has 0 radical (unpaired) electrons. The Kier molecular flexibility index (Phi) is 6.19. The molecule has 1 heterocycles. The van der Waals surface area contributed by atoms with Crippen LogP contribution in [0.25, 0.3) is 11.1 Å². The molecule has 0 bridgehead atoms. The SMILES string of the molecule is CCNC(NC(C)=O)C(O)COc1ccccc1-c1ccoc1. The monoisotopic (exact) mass is 318 g/mol. The summed E-state index contributed by atoms with van der Waals surface area (Å²) in [6.07, 6.45) is 1.80. The number of ether oxygens (including phenoxy) is 1. The third-order valence-corrected chi connectivity index (χ3v) is 3.30. The molecule has 0 aliphatic heterocycles. The molecular formula is C17H22N2O4. The number of carbonyl (C=O) groups is 1. The first-order valence-corrected chi connectivity index (χ1v) is 7.54. The molecule has 0 aliphatic carbocycles. The number of benzene rings is 1. The molecular weight excluding hydrogens is 296 g/mol. The van der Waals surface area contributed by atoms with Crippen LogP contribution in [-0.4, -0.2) is 36.4 Å². The molecule has 1 amide bonds. The predicted octanol–water partition coefficient (Wildman–Crippen LogP) is 1.76. The Hall–Kier alpha value is -2.31. The van der Waals surface area contributed by atoms with Crippen LogP contribution in [0.15, 0.2) is 47.3 Å². The number of aliphatic hydroxyl groups excluding tert-OH is 1. The summed E-state index contributed by atoms with van der Waals surface area (Å²) in [5.41, 5.74) is 1.79. The van der Waals surface area contributed by atoms with Crippen LogP contribution in [0, 0.1) is 0 Å². The summed E-state index contributed by atoms with van der Waals surface area (Å²) in [4.78, 5) is 11.2. The lowest BCUT2D eigenvalue weighted by Crippen LogP contribution is -2.54. The summed E-state index contributed by atoms with van der Waals surface area (Å²) in [7, 11) is 0. The van der Waals surface area contributed by atoms with Crippen LogP contribution in [0.5, 0.6) is 5.75 Å². The van der Waals surface area contributed by atoms with Crippen molar-refractivity contribution in [2.45, 2.75) is 26.1 Å². The molecule has 6 nitrogen and oxygen atoms in total. The second kappa shape index (κ2) is 8.36. The van der Waals surface area contributed by atoms with E-state index in [9.17, 15) is 9.90 Å². The average molecular weight is 318 g/mol. The van der Waals surface area contributed by atoms with Crippen molar-refractivity contribution in [3.05, 3.63) is 42.9 Å². The van der Waals surface area contributed by atoms with Crippen LogP contribution in [0.3, 0.4) is 0 Å². The average Bonchev–Trinajstić information content (AvgIpc) is 3.06. The first kappa shape index (κ1) is 17.1. The van der Waals surface area contributed by atoms with Gasteiger partial charge in [0, 0.05) is 18.1 Å². The minimum absolute atomic E-state index is 0.0484. The van der Waals surface area contributed by atoms with Crippen molar-refractivity contribution < 1.29 is 19.1 Å². The standard InChI is InChI=1S/C17H22N2O4/c1-3-18-17(19-12(2)20)15(21)11-23-16-7-5-4-6-14(16)13-8-9-22-10-13/h4-10,15,17-18,21H,3,11H2,1-2H3,(H,19,20). The Morgan fingerprint density at radius 3 is 2.78 bits per heavy atom. The lowest BCUT2D eigenvalue weighted by atomic mass is 10.1. The van der Waals surface area contributed by atoms with E-state index in [4.69, 9.17) is 9.15 Å². The van der Waals surface area contributed by atoms with E-state index < -0.39 is 12.3 Å². The minimum Gasteiger partial charge on any atom is -0.490 e. The van der Waals surface area contributed by atoms with E-state index in [1.165, 1.54) is 6.92 Å². The van der Waals surface area contributed by atoms with E-state index in [-0.39, 0.29) is 12.5 Å². The van der Waals surface area contributed by atoms with Gasteiger partial charge in [0.25, 0.3) is 0 Å². The number of hydrogen-bond donors (Lipinski definition) is 3. The summed E-state index contributed by atoms with van der Waals surface area (Å²) < 4.78 is 10.8. The number of aliphatic hydroxyl groups is 1. The molecule has 0 fully saturated rings. The van der Waals surface area contributed by atoms with Crippen molar-refractivity contribution in [1.29, 1.82) is 0 Å². The Morgan fingerprint density at radius 1 is 1.35 bits per heavy atom. The van der Waals surface area contributed by atoms with Gasteiger partial charge in [-0.2, -0.15) is 0 Å². The first-order valence-electron chi connectivity index (χ1n) is 7.54. The summed E-state index contributed by atoms with van der Waals surface area (Å²) in [5.74, 6) is 0.430. The lowest BCUT2D eigenvalue weighted by molar-refractivity contribution is -0.121. The Balaban J connectivity index is 2.04. The molecule has 1 aromatic carbocycles. The van der Waals surface area contributed by atoms with E-state index >= 15 is 0 Å². The quantitative estimate of drug-likeness (QED) is 0.646. The molecule has 6 heteroatoms. The third kappa shape index (κ3) is 4.84. The second-order valence-corrected chi connectivity index (χ2v) is 5.12. The van der Waals surface area contributed by atoms with E-state index in [0.29, 0.717) is 12.3 Å². The van der Waals surface area contributed by atoms with Gasteiger partial charge in [0.15, 0.2) is 0 Å². The number of nitrogens with one attached hydrogen (secondary N) is 2. The summed E-state index contributed by atoms with van der Waals surface area (Å²) in [6.45, 7) is 3.98. The second-order valence-electron chi connectivity index (χ2n) is 5.12. The van der Waals surface area contributed by atoms with E-state index in [1.807, 2.05) is 37.3 Å². The fourth-order valence-corrected chi connectivity index (χ4v) is 2.24. The summed E-state index contributed by atoms with van der Waals surface area (Å²) >= 11 is 0. The zero-order chi connectivity index (χ0) is 16.7. The van der Waals surface area contributed by atoms with E-state index in [0.717, 1.165) is 11.1 Å². The van der Waals surface area contributed by atoms with Gasteiger partial charge in [-0.15, -0.1) is 0 Å². The summed E-state index contributed by atoms with van der Waals surface area (Å²) in [5, 5.41) is 15.9. The van der Waals surface area contributed by atoms with Gasteiger partial charge in [-0.05, 0) is 18.7 Å². The number of para-hydroxylation sites is 1. The van der Waals surface area contributed by atoms with E-state index in [1.54, 1.807) is 12.5 Å². The van der Waals surface area contributed by atoms with Crippen LogP contribution in [-0.2, 0) is 4.79 Å². The highest BCUT2D eigenvalue weighted by Crippen LogP contribution is 2.30. The van der Waals surface area contributed by atoms with Gasteiger partial charge in [-0.3, -0.25) is 10.1 Å². The highest BCUT2D eigenvalue weighted by atomic mass is 16.5. The van der Waals surface area contributed by atoms with Crippen molar-refractivity contribution in [1.82, 2.24) is 10.6 Å². The predicted molar refractivity (Wildman–Crippen MR) is 86.9 cm³/mol. The van der Waals surface area contributed by atoms with Crippen molar-refractivity contribution in [2.24, 2.45) is 0 Å². The maximum Gasteiger partial charge on any atom is 0.218 e. The lowest BCUT2D eigenvalue weighted by Gasteiger charge is -2.24. The first-order chi connectivity index (χ1) is 11.1. The van der Waals surface area contributed by atoms with Gasteiger partial charge < -0.3 is 19.6 Å². The summed E-state index contributed by atoms with van der Waals surface area (Å²) in [6, 6.07) is 9.36. The van der Waals surface area contributed by atoms with Gasteiger partial charge in [-0.1, -0.05) is 25.1 Å². The molecule has 2 rings (SSSR count). The molecule has 1 aromatic heterocycles. The zero-order valence-corrected chi connectivity index (χ0v) is 13.3. The fraction of sp³-hybridized carbons (Fsp3) is 0.353. The highest BCUT2D eigenvalue weighted by Gasteiger charge is 2.20. The molecule has 2 aromatic rings. The van der Waals surface area contributed by atoms with Gasteiger partial charge in [-0.25, -0.2) is 0 Å². The Morgan fingerprint density at radius 2 is 2.13 bits per heavy atom. The van der Waals surface area contributed by atoms with Crippen molar-refractivity contribution in [3.8, 4) is 16.9 Å². The largest absolute Gasteiger partial charge is 0.490 e. The number of rotatable bonds is 8. The molecule has 0 aliphatic rings. The molecule has 0 saturated carbocycles. The molecule has 0 saturated heterocycles. The van der Waals surface area contributed by atoms with Crippen LogP contribution < -0.4 is 15.4 Å². The topological polar surface area (TPSA) is 83.7 Å². The zero-order valence-electron chi connectivity index (χ0n) is 13.3. The van der Waals surface area contributed by atoms with Crippen LogP contribution in [0.4, 0.5) is 0 Å². The van der Waals surface area contributed by atoms with Gasteiger partial charge in [0.05, 0.1) is 12.5 Å². The minimum atomic E-state index is -0.878. The molecule has 23 heavy (non-hydrogen) atoms. The number of hydrogen-bond acceptors (Lipinski definition) is 5. The maximum absolute atomic E-state index is 11.2. The molecule has 2 atom stereocenters.